The number of carbonyl (C=O) groups is 2. The van der Waals surface area contributed by atoms with Crippen LogP contribution in [-0.4, -0.2) is 18.4 Å². The summed E-state index contributed by atoms with van der Waals surface area (Å²) in [5.74, 6) is 4.97. The van der Waals surface area contributed by atoms with E-state index in [2.05, 4.69) is 5.32 Å². The number of nitrogens with one attached hydrogen (secondary N) is 2. The van der Waals surface area contributed by atoms with E-state index in [1.807, 2.05) is 12.3 Å². The van der Waals surface area contributed by atoms with Crippen LogP contribution < -0.4 is 16.6 Å². The van der Waals surface area contributed by atoms with Crippen LogP contribution in [0.4, 0.5) is 0 Å². The minimum absolute atomic E-state index is 0.0292. The van der Waals surface area contributed by atoms with Crippen molar-refractivity contribution in [2.45, 2.75) is 13.3 Å². The summed E-state index contributed by atoms with van der Waals surface area (Å²) in [6, 6.07) is 0. The van der Waals surface area contributed by atoms with Crippen LogP contribution in [0, 0.1) is 11.8 Å². The average Bonchev–Trinajstić information content (AvgIpc) is 2.77. The minimum Gasteiger partial charge on any atom is -0.347 e. The van der Waals surface area contributed by atoms with E-state index in [-0.39, 0.29) is 24.3 Å². The van der Waals surface area contributed by atoms with Crippen molar-refractivity contribution in [2.24, 2.45) is 17.7 Å². The van der Waals surface area contributed by atoms with Gasteiger partial charge in [-0.15, -0.1) is 0 Å². The smallest absolute Gasteiger partial charge is 0.253 e. The summed E-state index contributed by atoms with van der Waals surface area (Å²) < 4.78 is 0. The zero-order valence-corrected chi connectivity index (χ0v) is 6.96. The zero-order chi connectivity index (χ0) is 9.14. The number of nitrogens with two attached hydrogens (primary N) is 1. The van der Waals surface area contributed by atoms with Crippen LogP contribution in [0.5, 0.6) is 0 Å². The molecule has 1 rings (SSSR count). The molecule has 0 bridgehead atoms. The van der Waals surface area contributed by atoms with Gasteiger partial charge in [0, 0.05) is 5.92 Å². The van der Waals surface area contributed by atoms with Gasteiger partial charge in [-0.1, -0.05) is 6.92 Å². The van der Waals surface area contributed by atoms with E-state index >= 15 is 0 Å². The minimum atomic E-state index is -0.378. The lowest BCUT2D eigenvalue weighted by atomic mass is 10.3. The molecule has 5 nitrogen and oxygen atoms in total. The van der Waals surface area contributed by atoms with Crippen LogP contribution in [-0.2, 0) is 9.59 Å². The van der Waals surface area contributed by atoms with Gasteiger partial charge in [0.1, 0.15) is 0 Å². The molecule has 1 fully saturated rings. The summed E-state index contributed by atoms with van der Waals surface area (Å²) >= 11 is 0. The second-order valence-electron chi connectivity index (χ2n) is 3.10. The summed E-state index contributed by atoms with van der Waals surface area (Å²) in [7, 11) is 0. The highest BCUT2D eigenvalue weighted by Crippen LogP contribution is 2.37. The molecule has 1 aliphatic rings. The Bertz CT molecular complexity index is 205. The van der Waals surface area contributed by atoms with Crippen molar-refractivity contribution in [1.82, 2.24) is 10.7 Å². The Morgan fingerprint density at radius 3 is 2.58 bits per heavy atom. The molecule has 0 saturated heterocycles. The van der Waals surface area contributed by atoms with E-state index in [1.54, 1.807) is 0 Å². The number of amides is 2. The topological polar surface area (TPSA) is 84.2 Å². The summed E-state index contributed by atoms with van der Waals surface area (Å²) in [5, 5.41) is 2.49. The maximum absolute atomic E-state index is 11.1. The standard InChI is InChI=1S/C7H13N3O2/c1-4-2-5(4)7(12)9-3-6(11)10-8/h4-5H,2-3,8H2,1H3,(H,9,12)(H,10,11). The lowest BCUT2D eigenvalue weighted by Gasteiger charge is -2.01. The van der Waals surface area contributed by atoms with Gasteiger partial charge in [-0.25, -0.2) is 5.84 Å². The zero-order valence-electron chi connectivity index (χ0n) is 6.96. The second kappa shape index (κ2) is 3.53. The maximum Gasteiger partial charge on any atom is 0.253 e. The Kier molecular flexibility index (Phi) is 2.65. The average molecular weight is 171 g/mol. The normalized spacial score (nSPS) is 26.2. The van der Waals surface area contributed by atoms with Crippen LogP contribution in [0.2, 0.25) is 0 Å². The Hall–Kier alpha value is -1.10. The number of rotatable bonds is 3. The monoisotopic (exact) mass is 171 g/mol. The second-order valence-corrected chi connectivity index (χ2v) is 3.10. The van der Waals surface area contributed by atoms with E-state index in [0.717, 1.165) is 6.42 Å². The Morgan fingerprint density at radius 1 is 1.58 bits per heavy atom. The number of carbonyl (C=O) groups excluding carboxylic acids is 2. The molecule has 0 aromatic heterocycles. The molecule has 0 radical (unpaired) electrons. The molecule has 0 heterocycles. The van der Waals surface area contributed by atoms with Crippen molar-refractivity contribution in [3.63, 3.8) is 0 Å². The lowest BCUT2D eigenvalue weighted by Crippen LogP contribution is -2.40. The Balaban J connectivity index is 2.15. The van der Waals surface area contributed by atoms with Gasteiger partial charge in [0.2, 0.25) is 5.91 Å². The van der Waals surface area contributed by atoms with E-state index in [9.17, 15) is 9.59 Å². The van der Waals surface area contributed by atoms with Crippen molar-refractivity contribution in [2.75, 3.05) is 6.54 Å². The van der Waals surface area contributed by atoms with Crippen LogP contribution in [0.25, 0.3) is 0 Å². The van der Waals surface area contributed by atoms with Gasteiger partial charge in [0.25, 0.3) is 5.91 Å². The van der Waals surface area contributed by atoms with E-state index in [0.29, 0.717) is 5.92 Å². The van der Waals surface area contributed by atoms with Crippen LogP contribution in [0.15, 0.2) is 0 Å². The maximum atomic E-state index is 11.1. The number of hydrazine groups is 1. The predicted molar refractivity (Wildman–Crippen MR) is 42.6 cm³/mol. The molecule has 4 N–H and O–H groups in total. The fraction of sp³-hybridized carbons (Fsp3) is 0.714. The van der Waals surface area contributed by atoms with Crippen molar-refractivity contribution in [3.8, 4) is 0 Å². The van der Waals surface area contributed by atoms with Crippen LogP contribution >= 0.6 is 0 Å². The number of hydrogen-bond acceptors (Lipinski definition) is 3. The van der Waals surface area contributed by atoms with Crippen molar-refractivity contribution in [1.29, 1.82) is 0 Å². The van der Waals surface area contributed by atoms with Gasteiger partial charge in [-0.05, 0) is 12.3 Å². The molecule has 12 heavy (non-hydrogen) atoms. The molecule has 2 unspecified atom stereocenters. The molecule has 2 atom stereocenters. The van der Waals surface area contributed by atoms with Gasteiger partial charge in [0.05, 0.1) is 6.54 Å². The summed E-state index contributed by atoms with van der Waals surface area (Å²) in [4.78, 5) is 21.7. The Labute approximate surface area is 70.7 Å². The van der Waals surface area contributed by atoms with Crippen molar-refractivity contribution in [3.05, 3.63) is 0 Å². The van der Waals surface area contributed by atoms with Crippen molar-refractivity contribution < 1.29 is 9.59 Å². The fourth-order valence-electron chi connectivity index (χ4n) is 1.04. The summed E-state index contributed by atoms with van der Waals surface area (Å²) in [6.45, 7) is 1.98. The highest BCUT2D eigenvalue weighted by atomic mass is 16.2. The third kappa shape index (κ3) is 2.20. The molecular formula is C7H13N3O2. The molecule has 0 aliphatic heterocycles. The Morgan fingerprint density at radius 2 is 2.17 bits per heavy atom. The third-order valence-corrected chi connectivity index (χ3v) is 2.03. The molecule has 2 amide bonds. The SMILES string of the molecule is CC1CC1C(=O)NCC(=O)NN. The van der Waals surface area contributed by atoms with E-state index in [4.69, 9.17) is 5.84 Å². The molecule has 0 spiro atoms. The van der Waals surface area contributed by atoms with Gasteiger partial charge < -0.3 is 5.32 Å². The molecule has 1 saturated carbocycles. The first-order valence-corrected chi connectivity index (χ1v) is 3.92. The van der Waals surface area contributed by atoms with Crippen molar-refractivity contribution >= 4 is 11.8 Å². The van der Waals surface area contributed by atoms with Gasteiger partial charge >= 0.3 is 0 Å². The first-order chi connectivity index (χ1) is 5.65. The molecule has 0 aromatic rings. The first kappa shape index (κ1) is 8.99. The summed E-state index contributed by atoms with van der Waals surface area (Å²) in [5.41, 5.74) is 1.94. The number of hydrogen-bond donors (Lipinski definition) is 3. The molecule has 1 aliphatic carbocycles. The largest absolute Gasteiger partial charge is 0.347 e. The molecular weight excluding hydrogens is 158 g/mol. The van der Waals surface area contributed by atoms with Gasteiger partial charge in [-0.3, -0.25) is 15.0 Å². The quantitative estimate of drug-likeness (QED) is 0.282. The molecule has 0 aromatic carbocycles. The molecule has 5 heteroatoms. The summed E-state index contributed by atoms with van der Waals surface area (Å²) in [6.07, 6.45) is 0.927. The highest BCUT2D eigenvalue weighted by molar-refractivity contribution is 5.86. The molecule has 68 valence electrons. The fourth-order valence-corrected chi connectivity index (χ4v) is 1.04. The van der Waals surface area contributed by atoms with Gasteiger partial charge in [0.15, 0.2) is 0 Å². The lowest BCUT2D eigenvalue weighted by molar-refractivity contribution is -0.127. The van der Waals surface area contributed by atoms with E-state index < -0.39 is 0 Å². The van der Waals surface area contributed by atoms with Gasteiger partial charge in [-0.2, -0.15) is 0 Å². The highest BCUT2D eigenvalue weighted by Gasteiger charge is 2.38. The third-order valence-electron chi connectivity index (χ3n) is 2.03. The predicted octanol–water partition coefficient (Wildman–Crippen LogP) is -1.25. The van der Waals surface area contributed by atoms with E-state index in [1.165, 1.54) is 0 Å². The first-order valence-electron chi connectivity index (χ1n) is 3.92. The van der Waals surface area contributed by atoms with Crippen LogP contribution in [0.1, 0.15) is 13.3 Å². The van der Waals surface area contributed by atoms with Crippen LogP contribution in [0.3, 0.4) is 0 Å².